The lowest BCUT2D eigenvalue weighted by Crippen LogP contribution is -2.38. The maximum Gasteiger partial charge on any atom is 0.241 e. The molecular weight excluding hydrogens is 286 g/mol. The summed E-state index contributed by atoms with van der Waals surface area (Å²) >= 11 is 0. The molecule has 1 aromatic carbocycles. The number of benzene rings is 1. The van der Waals surface area contributed by atoms with Crippen LogP contribution in [0.1, 0.15) is 28.4 Å². The number of likely N-dealkylation sites (N-methyl/N-ethyl adjacent to an activating group) is 1. The molecule has 0 fully saturated rings. The largest absolute Gasteiger partial charge is 0.354 e. The molecule has 0 radical (unpaired) electrons. The maximum absolute atomic E-state index is 12.6. The second-order valence-corrected chi connectivity index (χ2v) is 6.09. The van der Waals surface area contributed by atoms with Crippen molar-refractivity contribution in [2.24, 2.45) is 0 Å². The number of carbonyl (C=O) groups is 1. The van der Waals surface area contributed by atoms with Crippen LogP contribution in [0.2, 0.25) is 0 Å². The number of aromatic nitrogens is 1. The van der Waals surface area contributed by atoms with E-state index in [4.69, 9.17) is 0 Å². The van der Waals surface area contributed by atoms with Gasteiger partial charge in [-0.2, -0.15) is 0 Å². The molecule has 0 aliphatic rings. The first kappa shape index (κ1) is 17.2. The summed E-state index contributed by atoms with van der Waals surface area (Å²) in [5, 5.41) is 3.04. The van der Waals surface area contributed by atoms with Gasteiger partial charge in [-0.15, -0.1) is 0 Å². The standard InChI is InChI=1S/C19H25N3O/c1-14-7-5-9-16(13-14)18(22(3)4)19(23)21-12-10-17-15(2)8-6-11-20-17/h5-9,11,13,18H,10,12H2,1-4H3,(H,21,23)/t18-/m1/s1. The number of nitrogens with zero attached hydrogens (tertiary/aromatic N) is 2. The molecule has 23 heavy (non-hydrogen) atoms. The van der Waals surface area contributed by atoms with E-state index in [-0.39, 0.29) is 11.9 Å². The summed E-state index contributed by atoms with van der Waals surface area (Å²) in [5.41, 5.74) is 4.36. The first-order chi connectivity index (χ1) is 11.0. The average Bonchev–Trinajstić information content (AvgIpc) is 2.49. The van der Waals surface area contributed by atoms with Crippen molar-refractivity contribution in [2.45, 2.75) is 26.3 Å². The van der Waals surface area contributed by atoms with Gasteiger partial charge < -0.3 is 5.32 Å². The molecule has 0 saturated heterocycles. The third kappa shape index (κ3) is 4.63. The van der Waals surface area contributed by atoms with Gasteiger partial charge in [0.1, 0.15) is 6.04 Å². The van der Waals surface area contributed by atoms with Crippen LogP contribution in [0.5, 0.6) is 0 Å². The van der Waals surface area contributed by atoms with Gasteiger partial charge in [-0.05, 0) is 45.1 Å². The highest BCUT2D eigenvalue weighted by Gasteiger charge is 2.22. The summed E-state index contributed by atoms with van der Waals surface area (Å²) in [6.07, 6.45) is 2.53. The third-order valence-electron chi connectivity index (χ3n) is 3.90. The highest BCUT2D eigenvalue weighted by molar-refractivity contribution is 5.83. The Kier molecular flexibility index (Phi) is 5.88. The number of amides is 1. The highest BCUT2D eigenvalue weighted by atomic mass is 16.2. The monoisotopic (exact) mass is 311 g/mol. The van der Waals surface area contributed by atoms with E-state index in [0.29, 0.717) is 6.54 Å². The fourth-order valence-electron chi connectivity index (χ4n) is 2.71. The molecule has 4 heteroatoms. The minimum Gasteiger partial charge on any atom is -0.354 e. The van der Waals surface area contributed by atoms with Gasteiger partial charge >= 0.3 is 0 Å². The van der Waals surface area contributed by atoms with Gasteiger partial charge in [0.15, 0.2) is 0 Å². The number of rotatable bonds is 6. The Morgan fingerprint density at radius 3 is 2.65 bits per heavy atom. The topological polar surface area (TPSA) is 45.2 Å². The molecule has 1 N–H and O–H groups in total. The summed E-state index contributed by atoms with van der Waals surface area (Å²) < 4.78 is 0. The maximum atomic E-state index is 12.6. The second-order valence-electron chi connectivity index (χ2n) is 6.09. The van der Waals surface area contributed by atoms with E-state index in [0.717, 1.165) is 28.8 Å². The molecule has 4 nitrogen and oxygen atoms in total. The number of hydrogen-bond donors (Lipinski definition) is 1. The van der Waals surface area contributed by atoms with E-state index in [9.17, 15) is 4.79 Å². The van der Waals surface area contributed by atoms with Gasteiger partial charge in [-0.3, -0.25) is 14.7 Å². The van der Waals surface area contributed by atoms with Gasteiger partial charge in [0, 0.05) is 24.9 Å². The van der Waals surface area contributed by atoms with Crippen LogP contribution in [-0.4, -0.2) is 36.4 Å². The number of carbonyl (C=O) groups excluding carboxylic acids is 1. The normalized spacial score (nSPS) is 12.2. The zero-order valence-electron chi connectivity index (χ0n) is 14.3. The smallest absolute Gasteiger partial charge is 0.241 e. The van der Waals surface area contributed by atoms with Crippen molar-refractivity contribution in [3.63, 3.8) is 0 Å². The Morgan fingerprint density at radius 2 is 2.00 bits per heavy atom. The fourth-order valence-corrected chi connectivity index (χ4v) is 2.71. The van der Waals surface area contributed by atoms with Crippen LogP contribution in [0.4, 0.5) is 0 Å². The van der Waals surface area contributed by atoms with Crippen LogP contribution in [0.25, 0.3) is 0 Å². The first-order valence-corrected chi connectivity index (χ1v) is 7.90. The van der Waals surface area contributed by atoms with Crippen LogP contribution in [0.15, 0.2) is 42.6 Å². The molecule has 1 amide bonds. The van der Waals surface area contributed by atoms with Crippen molar-refractivity contribution in [2.75, 3.05) is 20.6 Å². The van der Waals surface area contributed by atoms with Crippen molar-refractivity contribution in [3.8, 4) is 0 Å². The Hall–Kier alpha value is -2.20. The Labute approximate surface area is 138 Å². The van der Waals surface area contributed by atoms with Crippen LogP contribution in [0.3, 0.4) is 0 Å². The molecule has 1 aromatic heterocycles. The van der Waals surface area contributed by atoms with Crippen molar-refractivity contribution >= 4 is 5.91 Å². The minimum atomic E-state index is -0.278. The Morgan fingerprint density at radius 1 is 1.22 bits per heavy atom. The zero-order valence-corrected chi connectivity index (χ0v) is 14.3. The van der Waals surface area contributed by atoms with E-state index in [2.05, 4.69) is 16.4 Å². The summed E-state index contributed by atoms with van der Waals surface area (Å²) in [5.74, 6) is 0.0224. The summed E-state index contributed by atoms with van der Waals surface area (Å²) in [4.78, 5) is 18.9. The van der Waals surface area contributed by atoms with Crippen LogP contribution < -0.4 is 5.32 Å². The average molecular weight is 311 g/mol. The van der Waals surface area contributed by atoms with Crippen molar-refractivity contribution < 1.29 is 4.79 Å². The number of hydrogen-bond acceptors (Lipinski definition) is 3. The lowest BCUT2D eigenvalue weighted by atomic mass is 10.0. The lowest BCUT2D eigenvalue weighted by molar-refractivity contribution is -0.125. The summed E-state index contributed by atoms with van der Waals surface area (Å²) in [7, 11) is 3.85. The number of pyridine rings is 1. The summed E-state index contributed by atoms with van der Waals surface area (Å²) in [6.45, 7) is 4.67. The molecule has 0 spiro atoms. The van der Waals surface area contributed by atoms with Gasteiger partial charge in [0.2, 0.25) is 5.91 Å². The number of aryl methyl sites for hydroxylation is 2. The highest BCUT2D eigenvalue weighted by Crippen LogP contribution is 2.19. The molecule has 0 bridgehead atoms. The van der Waals surface area contributed by atoms with Crippen LogP contribution in [-0.2, 0) is 11.2 Å². The number of nitrogens with one attached hydrogen (secondary N) is 1. The van der Waals surface area contributed by atoms with Gasteiger partial charge in [-0.1, -0.05) is 35.9 Å². The van der Waals surface area contributed by atoms with Crippen LogP contribution in [0, 0.1) is 13.8 Å². The van der Waals surface area contributed by atoms with Gasteiger partial charge in [0.05, 0.1) is 0 Å². The van der Waals surface area contributed by atoms with Crippen molar-refractivity contribution in [3.05, 3.63) is 65.0 Å². The van der Waals surface area contributed by atoms with E-state index >= 15 is 0 Å². The van der Waals surface area contributed by atoms with E-state index in [1.807, 2.05) is 63.2 Å². The second kappa shape index (κ2) is 7.88. The molecule has 1 atom stereocenters. The van der Waals surface area contributed by atoms with Gasteiger partial charge in [-0.25, -0.2) is 0 Å². The van der Waals surface area contributed by atoms with Crippen molar-refractivity contribution in [1.29, 1.82) is 0 Å². The predicted octanol–water partition coefficient (Wildman–Crippen LogP) is 2.66. The molecule has 2 aromatic rings. The molecule has 0 unspecified atom stereocenters. The van der Waals surface area contributed by atoms with E-state index in [1.54, 1.807) is 6.20 Å². The Bertz CT molecular complexity index is 667. The molecule has 122 valence electrons. The molecular formula is C19H25N3O. The van der Waals surface area contributed by atoms with E-state index < -0.39 is 0 Å². The molecule has 1 heterocycles. The summed E-state index contributed by atoms with van der Waals surface area (Å²) in [6, 6.07) is 11.8. The van der Waals surface area contributed by atoms with Crippen molar-refractivity contribution in [1.82, 2.24) is 15.2 Å². The zero-order chi connectivity index (χ0) is 16.8. The molecule has 0 aliphatic carbocycles. The molecule has 0 saturated carbocycles. The predicted molar refractivity (Wildman–Crippen MR) is 93.3 cm³/mol. The SMILES string of the molecule is Cc1cccc([C@H](C(=O)NCCc2ncccc2C)N(C)C)c1. The molecule has 2 rings (SSSR count). The minimum absolute atomic E-state index is 0.0224. The van der Waals surface area contributed by atoms with Gasteiger partial charge in [0.25, 0.3) is 0 Å². The molecule has 0 aliphatic heterocycles. The van der Waals surface area contributed by atoms with E-state index in [1.165, 1.54) is 0 Å². The Balaban J connectivity index is 2.01. The first-order valence-electron chi connectivity index (χ1n) is 7.90. The third-order valence-corrected chi connectivity index (χ3v) is 3.90. The van der Waals surface area contributed by atoms with Crippen LogP contribution >= 0.6 is 0 Å². The fraction of sp³-hybridized carbons (Fsp3) is 0.368. The quantitative estimate of drug-likeness (QED) is 0.892. The lowest BCUT2D eigenvalue weighted by Gasteiger charge is -2.24.